The maximum Gasteiger partial charge on any atom is 0.410 e. The number of ether oxygens (including phenoxy) is 1. The van der Waals surface area contributed by atoms with Crippen LogP contribution < -0.4 is 5.32 Å². The van der Waals surface area contributed by atoms with Gasteiger partial charge in [-0.2, -0.15) is 0 Å². The zero-order valence-electron chi connectivity index (χ0n) is 13.3. The molecular weight excluding hydrogens is 270 g/mol. The van der Waals surface area contributed by atoms with Crippen molar-refractivity contribution in [3.8, 4) is 0 Å². The highest BCUT2D eigenvalue weighted by atomic mass is 16.6. The van der Waals surface area contributed by atoms with E-state index in [-0.39, 0.29) is 11.6 Å². The molecule has 2 rings (SSSR count). The number of hydrogen-bond acceptors (Lipinski definition) is 5. The van der Waals surface area contributed by atoms with Gasteiger partial charge in [0.2, 0.25) is 0 Å². The lowest BCUT2D eigenvalue weighted by Crippen LogP contribution is -2.53. The number of likely N-dealkylation sites (tertiary alicyclic amines) is 1. The molecule has 0 atom stereocenters. The Kier molecular flexibility index (Phi) is 4.56. The van der Waals surface area contributed by atoms with Crippen LogP contribution in [0.2, 0.25) is 0 Å². The van der Waals surface area contributed by atoms with Crippen molar-refractivity contribution in [2.75, 3.05) is 13.1 Å². The first-order chi connectivity index (χ1) is 9.77. The standard InChI is InChI=1S/C15H25N3O3/c1-14(2,3)21-13(19)18-7-5-15(4,6-8-18)17-10-12-9-16-11-20-12/h9,11,17H,5-8,10H2,1-4H3. The lowest BCUT2D eigenvalue weighted by molar-refractivity contribution is 0.0155. The average molecular weight is 295 g/mol. The fourth-order valence-electron chi connectivity index (χ4n) is 2.32. The lowest BCUT2D eigenvalue weighted by atomic mass is 9.89. The van der Waals surface area contributed by atoms with Gasteiger partial charge in [0.15, 0.2) is 6.39 Å². The molecule has 1 saturated heterocycles. The van der Waals surface area contributed by atoms with Gasteiger partial charge >= 0.3 is 6.09 Å². The smallest absolute Gasteiger partial charge is 0.410 e. The predicted octanol–water partition coefficient (Wildman–Crippen LogP) is 2.55. The minimum absolute atomic E-state index is 0.00526. The van der Waals surface area contributed by atoms with E-state index in [2.05, 4.69) is 17.2 Å². The van der Waals surface area contributed by atoms with E-state index in [4.69, 9.17) is 9.15 Å². The van der Waals surface area contributed by atoms with E-state index in [1.807, 2.05) is 20.8 Å². The fraction of sp³-hybridized carbons (Fsp3) is 0.733. The molecule has 118 valence electrons. The third-order valence-corrected chi connectivity index (χ3v) is 3.69. The number of carbonyl (C=O) groups excluding carboxylic acids is 1. The first-order valence-corrected chi connectivity index (χ1v) is 7.38. The molecule has 1 aliphatic rings. The molecule has 0 unspecified atom stereocenters. The number of oxazole rings is 1. The van der Waals surface area contributed by atoms with E-state index < -0.39 is 5.60 Å². The molecule has 21 heavy (non-hydrogen) atoms. The molecule has 2 heterocycles. The quantitative estimate of drug-likeness (QED) is 0.928. The first kappa shape index (κ1) is 15.8. The molecule has 1 amide bonds. The molecule has 1 fully saturated rings. The molecule has 1 aromatic heterocycles. The van der Waals surface area contributed by atoms with Gasteiger partial charge in [-0.1, -0.05) is 0 Å². The third-order valence-electron chi connectivity index (χ3n) is 3.69. The molecule has 1 aliphatic heterocycles. The maximum atomic E-state index is 12.0. The molecule has 1 N–H and O–H groups in total. The predicted molar refractivity (Wildman–Crippen MR) is 78.8 cm³/mol. The number of aromatic nitrogens is 1. The van der Waals surface area contributed by atoms with Gasteiger partial charge in [0.25, 0.3) is 0 Å². The van der Waals surface area contributed by atoms with Crippen LogP contribution in [0.3, 0.4) is 0 Å². The largest absolute Gasteiger partial charge is 0.447 e. The lowest BCUT2D eigenvalue weighted by Gasteiger charge is -2.40. The molecule has 0 radical (unpaired) electrons. The van der Waals surface area contributed by atoms with E-state index in [9.17, 15) is 4.79 Å². The summed E-state index contributed by atoms with van der Waals surface area (Å²) in [4.78, 5) is 17.7. The molecular formula is C15H25N3O3. The van der Waals surface area contributed by atoms with Crippen molar-refractivity contribution >= 4 is 6.09 Å². The van der Waals surface area contributed by atoms with Crippen molar-refractivity contribution in [2.24, 2.45) is 0 Å². The molecule has 1 aromatic rings. The third kappa shape index (κ3) is 4.74. The highest BCUT2D eigenvalue weighted by molar-refractivity contribution is 5.68. The van der Waals surface area contributed by atoms with E-state index in [1.165, 1.54) is 6.39 Å². The Morgan fingerprint density at radius 2 is 2.14 bits per heavy atom. The second kappa shape index (κ2) is 6.05. The highest BCUT2D eigenvalue weighted by Crippen LogP contribution is 2.23. The Morgan fingerprint density at radius 1 is 1.48 bits per heavy atom. The summed E-state index contributed by atoms with van der Waals surface area (Å²) in [7, 11) is 0. The molecule has 0 saturated carbocycles. The number of nitrogens with one attached hydrogen (secondary N) is 1. The summed E-state index contributed by atoms with van der Waals surface area (Å²) in [6.45, 7) is 9.90. The highest BCUT2D eigenvalue weighted by Gasteiger charge is 2.33. The number of amides is 1. The van der Waals surface area contributed by atoms with Gasteiger partial charge < -0.3 is 19.4 Å². The monoisotopic (exact) mass is 295 g/mol. The first-order valence-electron chi connectivity index (χ1n) is 7.38. The summed E-state index contributed by atoms with van der Waals surface area (Å²) in [6, 6.07) is 0. The molecule has 0 bridgehead atoms. The summed E-state index contributed by atoms with van der Waals surface area (Å²) >= 11 is 0. The van der Waals surface area contributed by atoms with Gasteiger partial charge in [-0.05, 0) is 40.5 Å². The van der Waals surface area contributed by atoms with E-state index in [1.54, 1.807) is 11.1 Å². The van der Waals surface area contributed by atoms with Crippen LogP contribution in [0.4, 0.5) is 4.79 Å². The number of piperidine rings is 1. The minimum Gasteiger partial charge on any atom is -0.447 e. The van der Waals surface area contributed by atoms with Gasteiger partial charge in [-0.3, -0.25) is 0 Å². The van der Waals surface area contributed by atoms with Crippen LogP contribution in [0, 0.1) is 0 Å². The van der Waals surface area contributed by atoms with Crippen molar-refractivity contribution in [1.29, 1.82) is 0 Å². The second-order valence-corrected chi connectivity index (χ2v) is 6.85. The molecule has 0 aliphatic carbocycles. The van der Waals surface area contributed by atoms with Crippen molar-refractivity contribution < 1.29 is 13.9 Å². The number of hydrogen-bond donors (Lipinski definition) is 1. The van der Waals surface area contributed by atoms with Crippen molar-refractivity contribution in [2.45, 2.75) is 58.2 Å². The summed E-state index contributed by atoms with van der Waals surface area (Å²) in [5.41, 5.74) is -0.437. The van der Waals surface area contributed by atoms with Crippen LogP contribution in [0.25, 0.3) is 0 Å². The summed E-state index contributed by atoms with van der Waals surface area (Å²) < 4.78 is 10.6. The maximum absolute atomic E-state index is 12.0. The zero-order chi connectivity index (χ0) is 15.5. The number of nitrogens with zero attached hydrogens (tertiary/aromatic N) is 2. The van der Waals surface area contributed by atoms with E-state index >= 15 is 0 Å². The Balaban J connectivity index is 1.80. The van der Waals surface area contributed by atoms with Gasteiger partial charge in [-0.25, -0.2) is 9.78 Å². The van der Waals surface area contributed by atoms with Crippen molar-refractivity contribution in [3.05, 3.63) is 18.4 Å². The zero-order valence-corrected chi connectivity index (χ0v) is 13.3. The average Bonchev–Trinajstić information content (AvgIpc) is 2.88. The minimum atomic E-state index is -0.442. The summed E-state index contributed by atoms with van der Waals surface area (Å²) in [5.74, 6) is 0.825. The number of carbonyl (C=O) groups is 1. The Labute approximate surface area is 125 Å². The van der Waals surface area contributed by atoms with Gasteiger partial charge in [0.1, 0.15) is 11.4 Å². The van der Waals surface area contributed by atoms with Crippen molar-refractivity contribution in [3.63, 3.8) is 0 Å². The fourth-order valence-corrected chi connectivity index (χ4v) is 2.32. The second-order valence-electron chi connectivity index (χ2n) is 6.85. The van der Waals surface area contributed by atoms with Gasteiger partial charge in [0, 0.05) is 18.6 Å². The van der Waals surface area contributed by atoms with Gasteiger partial charge in [0.05, 0.1) is 12.7 Å². The Hall–Kier alpha value is -1.56. The Bertz CT molecular complexity index is 457. The van der Waals surface area contributed by atoms with Crippen molar-refractivity contribution in [1.82, 2.24) is 15.2 Å². The Morgan fingerprint density at radius 3 is 2.67 bits per heavy atom. The van der Waals surface area contributed by atoms with E-state index in [0.29, 0.717) is 19.6 Å². The van der Waals surface area contributed by atoms with Crippen LogP contribution in [0.15, 0.2) is 17.0 Å². The molecule has 6 heteroatoms. The number of rotatable bonds is 3. The molecule has 0 spiro atoms. The molecule has 6 nitrogen and oxygen atoms in total. The van der Waals surface area contributed by atoms with Gasteiger partial charge in [-0.15, -0.1) is 0 Å². The van der Waals surface area contributed by atoms with E-state index in [0.717, 1.165) is 18.6 Å². The van der Waals surface area contributed by atoms with Crippen LogP contribution in [-0.2, 0) is 11.3 Å². The van der Waals surface area contributed by atoms with Crippen LogP contribution in [0.5, 0.6) is 0 Å². The normalized spacial score (nSPS) is 18.6. The van der Waals surface area contributed by atoms with Crippen LogP contribution in [-0.4, -0.2) is 40.2 Å². The van der Waals surface area contributed by atoms with Crippen LogP contribution in [0.1, 0.15) is 46.3 Å². The molecule has 0 aromatic carbocycles. The topological polar surface area (TPSA) is 67.6 Å². The summed E-state index contributed by atoms with van der Waals surface area (Å²) in [6.07, 6.45) is 4.71. The summed E-state index contributed by atoms with van der Waals surface area (Å²) in [5, 5.41) is 3.50. The SMILES string of the molecule is CC1(NCc2cnco2)CCN(C(=O)OC(C)(C)C)CC1. The van der Waals surface area contributed by atoms with Crippen LogP contribution >= 0.6 is 0 Å².